The summed E-state index contributed by atoms with van der Waals surface area (Å²) >= 11 is 0. The Bertz CT molecular complexity index is 237. The second kappa shape index (κ2) is 4.04. The highest BCUT2D eigenvalue weighted by atomic mass is 19.3. The predicted molar refractivity (Wildman–Crippen MR) is 39.2 cm³/mol. The van der Waals surface area contributed by atoms with Crippen molar-refractivity contribution in [1.82, 2.24) is 9.78 Å². The minimum absolute atomic E-state index is 0.110. The molecule has 0 N–H and O–H groups in total. The van der Waals surface area contributed by atoms with Crippen LogP contribution in [0.4, 0.5) is 8.78 Å². The average molecular weight is 176 g/mol. The summed E-state index contributed by atoms with van der Waals surface area (Å²) in [5.41, 5.74) is 0. The van der Waals surface area contributed by atoms with Gasteiger partial charge in [0.1, 0.15) is 0 Å². The minimum Gasteiger partial charge on any atom is -0.431 e. The van der Waals surface area contributed by atoms with E-state index in [1.54, 1.807) is 4.68 Å². The van der Waals surface area contributed by atoms with Crippen molar-refractivity contribution in [2.45, 2.75) is 26.5 Å². The molecule has 1 rings (SSSR count). The van der Waals surface area contributed by atoms with E-state index < -0.39 is 6.61 Å². The van der Waals surface area contributed by atoms with Crippen LogP contribution in [0.2, 0.25) is 0 Å². The first-order chi connectivity index (χ1) is 5.72. The Hall–Kier alpha value is -1.13. The van der Waals surface area contributed by atoms with E-state index >= 15 is 0 Å². The van der Waals surface area contributed by atoms with Crippen LogP contribution in [0.1, 0.15) is 13.3 Å². The van der Waals surface area contributed by atoms with Gasteiger partial charge in [-0.1, -0.05) is 6.92 Å². The van der Waals surface area contributed by atoms with Gasteiger partial charge in [-0.25, -0.2) is 0 Å². The molecule has 0 aromatic carbocycles. The van der Waals surface area contributed by atoms with Gasteiger partial charge in [0.05, 0.1) is 12.4 Å². The quantitative estimate of drug-likeness (QED) is 0.700. The second-order valence-electron chi connectivity index (χ2n) is 2.32. The molecule has 0 saturated carbocycles. The molecule has 0 fully saturated rings. The van der Waals surface area contributed by atoms with Crippen molar-refractivity contribution in [2.24, 2.45) is 0 Å². The van der Waals surface area contributed by atoms with E-state index in [0.717, 1.165) is 6.42 Å². The topological polar surface area (TPSA) is 27.1 Å². The second-order valence-corrected chi connectivity index (χ2v) is 2.32. The third-order valence-corrected chi connectivity index (χ3v) is 1.29. The van der Waals surface area contributed by atoms with Crippen molar-refractivity contribution >= 4 is 0 Å². The van der Waals surface area contributed by atoms with Gasteiger partial charge >= 0.3 is 6.61 Å². The third kappa shape index (κ3) is 2.48. The Kier molecular flexibility index (Phi) is 3.01. The molecule has 0 saturated heterocycles. The molecule has 1 aromatic rings. The van der Waals surface area contributed by atoms with Crippen LogP contribution in [0.25, 0.3) is 0 Å². The normalized spacial score (nSPS) is 10.7. The van der Waals surface area contributed by atoms with Crippen molar-refractivity contribution < 1.29 is 13.5 Å². The van der Waals surface area contributed by atoms with Crippen LogP contribution >= 0.6 is 0 Å². The lowest BCUT2D eigenvalue weighted by atomic mass is 10.5. The number of aryl methyl sites for hydroxylation is 1. The summed E-state index contributed by atoms with van der Waals surface area (Å²) < 4.78 is 29.0. The van der Waals surface area contributed by atoms with Crippen LogP contribution in [0, 0.1) is 0 Å². The lowest BCUT2D eigenvalue weighted by Crippen LogP contribution is -2.01. The lowest BCUT2D eigenvalue weighted by Gasteiger charge is -1.98. The van der Waals surface area contributed by atoms with Gasteiger partial charge in [-0.15, -0.1) is 0 Å². The summed E-state index contributed by atoms with van der Waals surface area (Å²) in [5, 5.41) is 3.82. The Balaban J connectivity index is 2.52. The van der Waals surface area contributed by atoms with E-state index in [1.165, 1.54) is 12.4 Å². The summed E-state index contributed by atoms with van der Waals surface area (Å²) in [4.78, 5) is 0. The van der Waals surface area contributed by atoms with Gasteiger partial charge < -0.3 is 4.74 Å². The molecule has 0 aliphatic heterocycles. The van der Waals surface area contributed by atoms with E-state index in [2.05, 4.69) is 9.84 Å². The summed E-state index contributed by atoms with van der Waals surface area (Å²) in [7, 11) is 0. The molecule has 0 radical (unpaired) electrons. The molecule has 5 heteroatoms. The Morgan fingerprint density at radius 2 is 2.42 bits per heavy atom. The molecule has 0 aliphatic carbocycles. The molecule has 0 amide bonds. The van der Waals surface area contributed by atoms with Gasteiger partial charge in [-0.3, -0.25) is 4.68 Å². The molecular weight excluding hydrogens is 166 g/mol. The molecule has 0 atom stereocenters. The molecule has 0 aliphatic rings. The van der Waals surface area contributed by atoms with Crippen LogP contribution in [0.15, 0.2) is 12.4 Å². The Morgan fingerprint density at radius 1 is 1.67 bits per heavy atom. The number of alkyl halides is 2. The first kappa shape index (κ1) is 8.96. The van der Waals surface area contributed by atoms with E-state index in [-0.39, 0.29) is 5.75 Å². The zero-order valence-corrected chi connectivity index (χ0v) is 6.70. The van der Waals surface area contributed by atoms with E-state index in [1.807, 2.05) is 6.92 Å². The fourth-order valence-corrected chi connectivity index (χ4v) is 0.860. The number of halogens is 2. The van der Waals surface area contributed by atoms with Crippen molar-refractivity contribution in [1.29, 1.82) is 0 Å². The maximum Gasteiger partial charge on any atom is 0.387 e. The van der Waals surface area contributed by atoms with Crippen molar-refractivity contribution in [3.05, 3.63) is 12.4 Å². The molecule has 3 nitrogen and oxygen atoms in total. The van der Waals surface area contributed by atoms with Gasteiger partial charge in [0, 0.05) is 6.54 Å². The van der Waals surface area contributed by atoms with Gasteiger partial charge in [-0.2, -0.15) is 13.9 Å². The predicted octanol–water partition coefficient (Wildman–Crippen LogP) is 1.89. The van der Waals surface area contributed by atoms with Gasteiger partial charge in [-0.05, 0) is 6.42 Å². The monoisotopic (exact) mass is 176 g/mol. The molecule has 12 heavy (non-hydrogen) atoms. The smallest absolute Gasteiger partial charge is 0.387 e. The highest BCUT2D eigenvalue weighted by molar-refractivity contribution is 5.11. The standard InChI is InChI=1S/C7H10F2N2O/c1-2-3-11-5-6(4-10-11)12-7(8)9/h4-5,7H,2-3H2,1H3. The van der Waals surface area contributed by atoms with Crippen LogP contribution < -0.4 is 4.74 Å². The number of nitrogens with zero attached hydrogens (tertiary/aromatic N) is 2. The molecule has 0 unspecified atom stereocenters. The summed E-state index contributed by atoms with van der Waals surface area (Å²) in [5.74, 6) is 0.110. The van der Waals surface area contributed by atoms with Crippen LogP contribution in [-0.2, 0) is 6.54 Å². The van der Waals surface area contributed by atoms with Crippen LogP contribution in [-0.4, -0.2) is 16.4 Å². The first-order valence-corrected chi connectivity index (χ1v) is 3.69. The van der Waals surface area contributed by atoms with Crippen LogP contribution in [0.3, 0.4) is 0 Å². The number of aromatic nitrogens is 2. The molecule has 0 bridgehead atoms. The van der Waals surface area contributed by atoms with E-state index in [0.29, 0.717) is 6.54 Å². The summed E-state index contributed by atoms with van der Waals surface area (Å²) in [6.45, 7) is -0.0775. The third-order valence-electron chi connectivity index (χ3n) is 1.29. The highest BCUT2D eigenvalue weighted by Crippen LogP contribution is 2.11. The fourth-order valence-electron chi connectivity index (χ4n) is 0.860. The van der Waals surface area contributed by atoms with Crippen molar-refractivity contribution in [2.75, 3.05) is 0 Å². The molecule has 0 spiro atoms. The maximum atomic E-state index is 11.7. The minimum atomic E-state index is -2.77. The number of hydrogen-bond donors (Lipinski definition) is 0. The summed E-state index contributed by atoms with van der Waals surface area (Å²) in [6.07, 6.45) is 3.65. The summed E-state index contributed by atoms with van der Waals surface area (Å²) in [6, 6.07) is 0. The molecular formula is C7H10F2N2O. The number of hydrogen-bond acceptors (Lipinski definition) is 2. The molecule has 1 aromatic heterocycles. The molecule has 68 valence electrons. The Labute approximate surface area is 68.9 Å². The average Bonchev–Trinajstić information content (AvgIpc) is 2.36. The van der Waals surface area contributed by atoms with Crippen molar-refractivity contribution in [3.63, 3.8) is 0 Å². The fraction of sp³-hybridized carbons (Fsp3) is 0.571. The zero-order valence-electron chi connectivity index (χ0n) is 6.70. The van der Waals surface area contributed by atoms with Crippen molar-refractivity contribution in [3.8, 4) is 5.75 Å². The number of ether oxygens (including phenoxy) is 1. The van der Waals surface area contributed by atoms with E-state index in [9.17, 15) is 8.78 Å². The van der Waals surface area contributed by atoms with E-state index in [4.69, 9.17) is 0 Å². The first-order valence-electron chi connectivity index (χ1n) is 3.69. The Morgan fingerprint density at radius 3 is 3.00 bits per heavy atom. The van der Waals surface area contributed by atoms with Gasteiger partial charge in [0.25, 0.3) is 0 Å². The SMILES string of the molecule is CCCn1cc(OC(F)F)cn1. The number of rotatable bonds is 4. The lowest BCUT2D eigenvalue weighted by molar-refractivity contribution is -0.0499. The van der Waals surface area contributed by atoms with Crippen LogP contribution in [0.5, 0.6) is 5.75 Å². The largest absolute Gasteiger partial charge is 0.431 e. The van der Waals surface area contributed by atoms with Gasteiger partial charge in [0.15, 0.2) is 5.75 Å². The zero-order chi connectivity index (χ0) is 8.97. The molecule has 1 heterocycles. The maximum absolute atomic E-state index is 11.7. The van der Waals surface area contributed by atoms with Gasteiger partial charge in [0.2, 0.25) is 0 Å². The highest BCUT2D eigenvalue weighted by Gasteiger charge is 2.05.